The topological polar surface area (TPSA) is 75.8 Å². The van der Waals surface area contributed by atoms with Gasteiger partial charge in [0.1, 0.15) is 22.3 Å². The van der Waals surface area contributed by atoms with Crippen molar-refractivity contribution in [3.05, 3.63) is 39.5 Å². The van der Waals surface area contributed by atoms with Gasteiger partial charge in [0.25, 0.3) is 0 Å². The van der Waals surface area contributed by atoms with Gasteiger partial charge in [-0.1, -0.05) is 23.7 Å². The predicted octanol–water partition coefficient (Wildman–Crippen LogP) is 2.88. The van der Waals surface area contributed by atoms with Crippen molar-refractivity contribution in [2.24, 2.45) is 7.05 Å². The van der Waals surface area contributed by atoms with E-state index in [2.05, 4.69) is 32.3 Å². The standard InChI is InChI=1S/C17H21ClN6O/c1-4-13-11-8-24(6-5-14(11)20-19-13)9-12-16(21-23(3)17(12)18)15-7-10(2)25-22-15/h7H,4-6,8-9H2,1-3H3,(H,19,20). The maximum absolute atomic E-state index is 6.52. The molecule has 0 aliphatic carbocycles. The molecule has 0 saturated carbocycles. The molecule has 3 aromatic heterocycles. The van der Waals surface area contributed by atoms with Crippen LogP contribution in [0.4, 0.5) is 0 Å². The quantitative estimate of drug-likeness (QED) is 0.774. The van der Waals surface area contributed by atoms with Gasteiger partial charge in [0, 0.05) is 56.0 Å². The maximum Gasteiger partial charge on any atom is 0.134 e. The van der Waals surface area contributed by atoms with Crippen molar-refractivity contribution in [2.45, 2.75) is 39.8 Å². The van der Waals surface area contributed by atoms with E-state index in [9.17, 15) is 0 Å². The van der Waals surface area contributed by atoms with E-state index >= 15 is 0 Å². The molecule has 8 heteroatoms. The first-order valence-electron chi connectivity index (χ1n) is 8.49. The Labute approximate surface area is 150 Å². The van der Waals surface area contributed by atoms with Crippen molar-refractivity contribution < 1.29 is 4.52 Å². The van der Waals surface area contributed by atoms with E-state index in [4.69, 9.17) is 16.1 Å². The van der Waals surface area contributed by atoms with Crippen molar-refractivity contribution in [1.29, 1.82) is 0 Å². The Balaban J connectivity index is 1.63. The van der Waals surface area contributed by atoms with E-state index in [-0.39, 0.29) is 0 Å². The van der Waals surface area contributed by atoms with Crippen molar-refractivity contribution in [2.75, 3.05) is 6.54 Å². The number of nitrogens with zero attached hydrogens (tertiary/aromatic N) is 5. The second-order valence-corrected chi connectivity index (χ2v) is 6.86. The second kappa shape index (κ2) is 6.31. The summed E-state index contributed by atoms with van der Waals surface area (Å²) in [5.41, 5.74) is 6.25. The molecule has 25 heavy (non-hydrogen) atoms. The van der Waals surface area contributed by atoms with Gasteiger partial charge < -0.3 is 4.52 Å². The van der Waals surface area contributed by atoms with Crippen LogP contribution < -0.4 is 0 Å². The third-order valence-corrected chi connectivity index (χ3v) is 5.23. The summed E-state index contributed by atoms with van der Waals surface area (Å²) in [6.07, 6.45) is 1.91. The van der Waals surface area contributed by atoms with Crippen LogP contribution in [-0.4, -0.2) is 36.6 Å². The lowest BCUT2D eigenvalue weighted by atomic mass is 10.0. The summed E-state index contributed by atoms with van der Waals surface area (Å²) in [5, 5.41) is 16.9. The largest absolute Gasteiger partial charge is 0.361 e. The SMILES string of the molecule is CCc1n[nH]c2c1CN(Cc1c(-c3cc(C)on3)nn(C)c1Cl)CC2. The molecule has 0 saturated heterocycles. The molecule has 0 unspecified atom stereocenters. The van der Waals surface area contributed by atoms with Crippen LogP contribution in [0, 0.1) is 6.92 Å². The number of hydrogen-bond acceptors (Lipinski definition) is 5. The number of aryl methyl sites for hydroxylation is 3. The Morgan fingerprint density at radius 1 is 1.40 bits per heavy atom. The molecular weight excluding hydrogens is 340 g/mol. The molecule has 1 N–H and O–H groups in total. The molecule has 0 spiro atoms. The summed E-state index contributed by atoms with van der Waals surface area (Å²) in [7, 11) is 1.85. The summed E-state index contributed by atoms with van der Waals surface area (Å²) in [6, 6.07) is 1.89. The minimum Gasteiger partial charge on any atom is -0.361 e. The molecule has 132 valence electrons. The number of aromatic nitrogens is 5. The summed E-state index contributed by atoms with van der Waals surface area (Å²) < 4.78 is 6.91. The second-order valence-electron chi connectivity index (χ2n) is 6.51. The van der Waals surface area contributed by atoms with Crippen LogP contribution in [0.1, 0.15) is 35.2 Å². The lowest BCUT2D eigenvalue weighted by Crippen LogP contribution is -2.30. The number of H-pyrrole nitrogens is 1. The first-order valence-corrected chi connectivity index (χ1v) is 8.87. The van der Waals surface area contributed by atoms with Crippen molar-refractivity contribution in [3.63, 3.8) is 0 Å². The molecule has 1 aliphatic rings. The third-order valence-electron chi connectivity index (χ3n) is 4.75. The van der Waals surface area contributed by atoms with Gasteiger partial charge in [-0.05, 0) is 13.3 Å². The van der Waals surface area contributed by atoms with Gasteiger partial charge in [-0.3, -0.25) is 14.7 Å². The summed E-state index contributed by atoms with van der Waals surface area (Å²) in [4.78, 5) is 2.39. The fourth-order valence-corrected chi connectivity index (χ4v) is 3.62. The molecule has 0 fully saturated rings. The molecule has 0 radical (unpaired) electrons. The highest BCUT2D eigenvalue weighted by Crippen LogP contribution is 2.31. The number of hydrogen-bond donors (Lipinski definition) is 1. The highest BCUT2D eigenvalue weighted by atomic mass is 35.5. The molecule has 0 bridgehead atoms. The Hall–Kier alpha value is -2.12. The fraction of sp³-hybridized carbons (Fsp3) is 0.471. The molecule has 1 aliphatic heterocycles. The van der Waals surface area contributed by atoms with E-state index in [0.717, 1.165) is 60.9 Å². The average molecular weight is 361 g/mol. The monoisotopic (exact) mass is 360 g/mol. The number of nitrogens with one attached hydrogen (secondary N) is 1. The molecule has 4 heterocycles. The zero-order valence-electron chi connectivity index (χ0n) is 14.6. The van der Waals surface area contributed by atoms with E-state index in [1.165, 1.54) is 11.3 Å². The van der Waals surface area contributed by atoms with Gasteiger partial charge >= 0.3 is 0 Å². The molecular formula is C17H21ClN6O. The van der Waals surface area contributed by atoms with Gasteiger partial charge in [0.2, 0.25) is 0 Å². The summed E-state index contributed by atoms with van der Waals surface area (Å²) >= 11 is 6.52. The number of rotatable bonds is 4. The van der Waals surface area contributed by atoms with Gasteiger partial charge in [-0.2, -0.15) is 10.2 Å². The number of aromatic amines is 1. The Morgan fingerprint density at radius 2 is 2.24 bits per heavy atom. The zero-order chi connectivity index (χ0) is 17.6. The number of fused-ring (bicyclic) bond motifs is 1. The van der Waals surface area contributed by atoms with Crippen LogP contribution in [0.15, 0.2) is 10.6 Å². The normalized spacial score (nSPS) is 14.9. The van der Waals surface area contributed by atoms with E-state index < -0.39 is 0 Å². The van der Waals surface area contributed by atoms with Crippen LogP contribution in [0.5, 0.6) is 0 Å². The van der Waals surface area contributed by atoms with Gasteiger partial charge in [0.15, 0.2) is 0 Å². The predicted molar refractivity (Wildman–Crippen MR) is 94.2 cm³/mol. The minimum atomic E-state index is 0.643. The Bertz CT molecular complexity index is 895. The fourth-order valence-electron chi connectivity index (χ4n) is 3.43. The van der Waals surface area contributed by atoms with Crippen LogP contribution in [0.2, 0.25) is 5.15 Å². The zero-order valence-corrected chi connectivity index (χ0v) is 15.4. The highest BCUT2D eigenvalue weighted by Gasteiger charge is 2.25. The molecule has 0 amide bonds. The van der Waals surface area contributed by atoms with Gasteiger partial charge in [-0.15, -0.1) is 0 Å². The molecule has 0 atom stereocenters. The van der Waals surface area contributed by atoms with E-state index in [0.29, 0.717) is 5.15 Å². The van der Waals surface area contributed by atoms with E-state index in [1.54, 1.807) is 4.68 Å². The number of halogens is 1. The molecule has 7 nitrogen and oxygen atoms in total. The van der Waals surface area contributed by atoms with Crippen LogP contribution in [0.3, 0.4) is 0 Å². The molecule has 0 aromatic carbocycles. The molecule has 3 aromatic rings. The minimum absolute atomic E-state index is 0.643. The smallest absolute Gasteiger partial charge is 0.134 e. The average Bonchev–Trinajstić information content (AvgIpc) is 3.28. The third kappa shape index (κ3) is 2.87. The highest BCUT2D eigenvalue weighted by molar-refractivity contribution is 6.30. The first kappa shape index (κ1) is 16.4. The van der Waals surface area contributed by atoms with Gasteiger partial charge in [0.05, 0.1) is 5.69 Å². The Kier molecular flexibility index (Phi) is 4.13. The van der Waals surface area contributed by atoms with Crippen molar-refractivity contribution >= 4 is 11.6 Å². The van der Waals surface area contributed by atoms with Crippen LogP contribution in [0.25, 0.3) is 11.4 Å². The van der Waals surface area contributed by atoms with Crippen LogP contribution >= 0.6 is 11.6 Å². The maximum atomic E-state index is 6.52. The summed E-state index contributed by atoms with van der Waals surface area (Å²) in [5.74, 6) is 0.760. The summed E-state index contributed by atoms with van der Waals surface area (Å²) in [6.45, 7) is 6.57. The van der Waals surface area contributed by atoms with Crippen LogP contribution in [-0.2, 0) is 33.0 Å². The Morgan fingerprint density at radius 3 is 2.96 bits per heavy atom. The van der Waals surface area contributed by atoms with E-state index in [1.807, 2.05) is 20.0 Å². The van der Waals surface area contributed by atoms with Crippen molar-refractivity contribution in [3.8, 4) is 11.4 Å². The lowest BCUT2D eigenvalue weighted by molar-refractivity contribution is 0.244. The molecule has 4 rings (SSSR count). The van der Waals surface area contributed by atoms with Gasteiger partial charge in [-0.25, -0.2) is 0 Å². The van der Waals surface area contributed by atoms with Crippen molar-refractivity contribution in [1.82, 2.24) is 30.0 Å². The first-order chi connectivity index (χ1) is 12.1. The lowest BCUT2D eigenvalue weighted by Gasteiger charge is -2.27.